The Bertz CT molecular complexity index is 1240. The van der Waals surface area contributed by atoms with E-state index in [1.165, 1.54) is 30.6 Å². The standard InChI is InChI=1S/C24H25N5O3S/c1-24(18-12-11-15-7-5-6-10-17(15)13-18)21(31)29(23(32)26-24)14-19(30)25-22-28-27-20(33-22)16-8-3-2-4-9-16/h5-7,10-13,16H,2-4,8-9,14H2,1H3,(H,26,32)(H,25,28,30). The summed E-state index contributed by atoms with van der Waals surface area (Å²) < 4.78 is 0. The van der Waals surface area contributed by atoms with E-state index in [1.54, 1.807) is 6.92 Å². The van der Waals surface area contributed by atoms with Gasteiger partial charge in [-0.15, -0.1) is 10.2 Å². The summed E-state index contributed by atoms with van der Waals surface area (Å²) >= 11 is 1.37. The zero-order valence-corrected chi connectivity index (χ0v) is 19.2. The molecule has 33 heavy (non-hydrogen) atoms. The third-order valence-electron chi connectivity index (χ3n) is 6.54. The molecule has 1 aliphatic carbocycles. The number of amides is 4. The first-order valence-corrected chi connectivity index (χ1v) is 12.0. The summed E-state index contributed by atoms with van der Waals surface area (Å²) in [7, 11) is 0. The Balaban J connectivity index is 1.28. The molecule has 1 atom stereocenters. The maximum atomic E-state index is 13.2. The quantitative estimate of drug-likeness (QED) is 0.553. The summed E-state index contributed by atoms with van der Waals surface area (Å²) in [4.78, 5) is 39.4. The average Bonchev–Trinajstić information content (AvgIpc) is 3.38. The van der Waals surface area contributed by atoms with Gasteiger partial charge in [0.15, 0.2) is 0 Å². The number of carbonyl (C=O) groups excluding carboxylic acids is 3. The molecule has 2 heterocycles. The number of rotatable bonds is 5. The topological polar surface area (TPSA) is 104 Å². The molecule has 170 valence electrons. The molecule has 1 saturated carbocycles. The van der Waals surface area contributed by atoms with Crippen molar-refractivity contribution >= 4 is 45.1 Å². The summed E-state index contributed by atoms with van der Waals surface area (Å²) in [5, 5.41) is 17.1. The lowest BCUT2D eigenvalue weighted by Crippen LogP contribution is -2.42. The summed E-state index contributed by atoms with van der Waals surface area (Å²) in [6.45, 7) is 1.28. The van der Waals surface area contributed by atoms with Gasteiger partial charge in [-0.25, -0.2) is 4.79 Å². The minimum atomic E-state index is -1.24. The summed E-state index contributed by atoms with van der Waals surface area (Å²) in [6, 6.07) is 12.9. The first kappa shape index (κ1) is 21.5. The summed E-state index contributed by atoms with van der Waals surface area (Å²) in [5.74, 6) is -0.541. The van der Waals surface area contributed by atoms with Crippen LogP contribution in [-0.2, 0) is 15.1 Å². The molecule has 1 unspecified atom stereocenters. The van der Waals surface area contributed by atoms with Crippen molar-refractivity contribution in [1.29, 1.82) is 0 Å². The predicted molar refractivity (Wildman–Crippen MR) is 126 cm³/mol. The molecular weight excluding hydrogens is 438 g/mol. The van der Waals surface area contributed by atoms with Gasteiger partial charge in [-0.1, -0.05) is 67.0 Å². The van der Waals surface area contributed by atoms with Crippen molar-refractivity contribution in [2.75, 3.05) is 11.9 Å². The van der Waals surface area contributed by atoms with E-state index in [2.05, 4.69) is 20.8 Å². The lowest BCUT2D eigenvalue weighted by Gasteiger charge is -2.22. The van der Waals surface area contributed by atoms with E-state index >= 15 is 0 Å². The lowest BCUT2D eigenvalue weighted by molar-refractivity contribution is -0.133. The first-order chi connectivity index (χ1) is 15.9. The Labute approximate surface area is 195 Å². The number of hydrogen-bond donors (Lipinski definition) is 2. The molecule has 1 aliphatic heterocycles. The van der Waals surface area contributed by atoms with Crippen LogP contribution in [0.1, 0.15) is 55.5 Å². The zero-order valence-electron chi connectivity index (χ0n) is 18.3. The van der Waals surface area contributed by atoms with E-state index < -0.39 is 23.4 Å². The Morgan fingerprint density at radius 3 is 2.67 bits per heavy atom. The normalized spacial score (nSPS) is 21.4. The maximum Gasteiger partial charge on any atom is 0.325 e. The first-order valence-electron chi connectivity index (χ1n) is 11.2. The molecular formula is C24H25N5O3S. The molecule has 2 aromatic carbocycles. The molecule has 5 rings (SSSR count). The van der Waals surface area contributed by atoms with Crippen LogP contribution in [0.3, 0.4) is 0 Å². The highest BCUT2D eigenvalue weighted by Gasteiger charge is 2.49. The van der Waals surface area contributed by atoms with Crippen LogP contribution in [0.25, 0.3) is 10.8 Å². The SMILES string of the molecule is CC1(c2ccc3ccccc3c2)NC(=O)N(CC(=O)Nc2nnc(C3CCCCC3)s2)C1=O. The Morgan fingerprint density at radius 1 is 1.12 bits per heavy atom. The van der Waals surface area contributed by atoms with Gasteiger partial charge >= 0.3 is 6.03 Å². The monoisotopic (exact) mass is 463 g/mol. The van der Waals surface area contributed by atoms with E-state index in [9.17, 15) is 14.4 Å². The summed E-state index contributed by atoms with van der Waals surface area (Å²) in [5.41, 5.74) is -0.568. The van der Waals surface area contributed by atoms with Crippen LogP contribution in [0.4, 0.5) is 9.93 Å². The number of benzene rings is 2. The summed E-state index contributed by atoms with van der Waals surface area (Å²) in [6.07, 6.45) is 5.82. The van der Waals surface area contributed by atoms with Crippen molar-refractivity contribution < 1.29 is 14.4 Å². The maximum absolute atomic E-state index is 13.2. The Kier molecular flexibility index (Phi) is 5.57. The minimum Gasteiger partial charge on any atom is -0.319 e. The second-order valence-corrected chi connectivity index (χ2v) is 9.85. The fourth-order valence-electron chi connectivity index (χ4n) is 4.64. The van der Waals surface area contributed by atoms with Gasteiger partial charge in [0.1, 0.15) is 17.1 Å². The van der Waals surface area contributed by atoms with Crippen LogP contribution in [0.15, 0.2) is 42.5 Å². The van der Waals surface area contributed by atoms with Gasteiger partial charge in [0.2, 0.25) is 11.0 Å². The molecule has 9 heteroatoms. The second-order valence-electron chi connectivity index (χ2n) is 8.84. The van der Waals surface area contributed by atoms with E-state index in [4.69, 9.17) is 0 Å². The highest BCUT2D eigenvalue weighted by molar-refractivity contribution is 7.15. The lowest BCUT2D eigenvalue weighted by atomic mass is 9.90. The van der Waals surface area contributed by atoms with Crippen molar-refractivity contribution in [3.8, 4) is 0 Å². The predicted octanol–water partition coefficient (Wildman–Crippen LogP) is 4.14. The molecule has 0 radical (unpaired) electrons. The van der Waals surface area contributed by atoms with Crippen LogP contribution in [0.2, 0.25) is 0 Å². The molecule has 8 nitrogen and oxygen atoms in total. The molecule has 0 spiro atoms. The number of fused-ring (bicyclic) bond motifs is 1. The van der Waals surface area contributed by atoms with Crippen LogP contribution in [0.5, 0.6) is 0 Å². The molecule has 2 aliphatic rings. The van der Waals surface area contributed by atoms with Gasteiger partial charge in [-0.2, -0.15) is 0 Å². The number of urea groups is 1. The van der Waals surface area contributed by atoms with E-state index in [1.807, 2.05) is 42.5 Å². The highest BCUT2D eigenvalue weighted by Crippen LogP contribution is 2.35. The second kappa shape index (κ2) is 8.55. The highest BCUT2D eigenvalue weighted by atomic mass is 32.1. The Morgan fingerprint density at radius 2 is 1.88 bits per heavy atom. The van der Waals surface area contributed by atoms with Crippen molar-refractivity contribution in [2.24, 2.45) is 0 Å². The van der Waals surface area contributed by atoms with E-state index in [-0.39, 0.29) is 6.54 Å². The fraction of sp³-hybridized carbons (Fsp3) is 0.375. The third-order valence-corrected chi connectivity index (χ3v) is 7.55. The van der Waals surface area contributed by atoms with Gasteiger partial charge in [0, 0.05) is 5.92 Å². The molecule has 0 bridgehead atoms. The average molecular weight is 464 g/mol. The smallest absolute Gasteiger partial charge is 0.319 e. The van der Waals surface area contributed by atoms with E-state index in [0.29, 0.717) is 16.6 Å². The van der Waals surface area contributed by atoms with Gasteiger partial charge in [-0.3, -0.25) is 19.8 Å². The molecule has 2 N–H and O–H groups in total. The number of hydrogen-bond acceptors (Lipinski definition) is 6. The number of aromatic nitrogens is 2. The van der Waals surface area contributed by atoms with Crippen LogP contribution in [0, 0.1) is 0 Å². The molecule has 1 saturated heterocycles. The van der Waals surface area contributed by atoms with Gasteiger partial charge in [0.25, 0.3) is 5.91 Å². The zero-order chi connectivity index (χ0) is 23.0. The largest absolute Gasteiger partial charge is 0.325 e. The van der Waals surface area contributed by atoms with Crippen LogP contribution in [-0.4, -0.2) is 39.5 Å². The molecule has 1 aromatic heterocycles. The number of imide groups is 1. The van der Waals surface area contributed by atoms with E-state index in [0.717, 1.165) is 33.5 Å². The third kappa shape index (κ3) is 4.08. The number of nitrogens with one attached hydrogen (secondary N) is 2. The fourth-order valence-corrected chi connectivity index (χ4v) is 5.57. The van der Waals surface area contributed by atoms with Crippen molar-refractivity contribution in [3.05, 3.63) is 53.0 Å². The number of nitrogens with zero attached hydrogens (tertiary/aromatic N) is 3. The van der Waals surface area contributed by atoms with Crippen molar-refractivity contribution in [1.82, 2.24) is 20.4 Å². The Hall–Kier alpha value is -3.33. The van der Waals surface area contributed by atoms with Crippen LogP contribution < -0.4 is 10.6 Å². The van der Waals surface area contributed by atoms with Crippen LogP contribution >= 0.6 is 11.3 Å². The molecule has 3 aromatic rings. The minimum absolute atomic E-state index is 0.383. The number of carbonyl (C=O) groups is 3. The van der Waals surface area contributed by atoms with Gasteiger partial charge < -0.3 is 5.32 Å². The van der Waals surface area contributed by atoms with Crippen molar-refractivity contribution in [3.63, 3.8) is 0 Å². The molecule has 4 amide bonds. The number of anilines is 1. The van der Waals surface area contributed by atoms with Gasteiger partial charge in [0.05, 0.1) is 0 Å². The van der Waals surface area contributed by atoms with Gasteiger partial charge in [-0.05, 0) is 42.2 Å². The molecule has 2 fully saturated rings. The van der Waals surface area contributed by atoms with Crippen molar-refractivity contribution in [2.45, 2.75) is 50.5 Å².